The summed E-state index contributed by atoms with van der Waals surface area (Å²) in [5, 5.41) is 2.96. The zero-order chi connectivity index (χ0) is 21.5. The number of anilines is 1. The van der Waals surface area contributed by atoms with Gasteiger partial charge in [-0.2, -0.15) is 4.31 Å². The topological polar surface area (TPSA) is 75.7 Å². The standard InChI is InChI=1S/C22H25ClN2O4S/c1-14-12-25(13-15(2)29-14)30(27,28)21-11-18(7-9-20(21)23)22(26)24-19-8-6-16-4-3-5-17(16)10-19/h6-11,14-15H,3-5,12-13H2,1-2H3,(H,24,26)/t14-,15-/m1/s1. The molecular weight excluding hydrogens is 424 g/mol. The molecule has 0 unspecified atom stereocenters. The Balaban J connectivity index is 1.59. The zero-order valence-corrected chi connectivity index (χ0v) is 18.6. The van der Waals surface area contributed by atoms with Gasteiger partial charge in [0.2, 0.25) is 10.0 Å². The maximum atomic E-state index is 13.2. The van der Waals surface area contributed by atoms with E-state index in [1.165, 1.54) is 33.6 Å². The number of morpholine rings is 1. The Hall–Kier alpha value is -1.93. The minimum atomic E-state index is -3.85. The van der Waals surface area contributed by atoms with E-state index < -0.39 is 10.0 Å². The summed E-state index contributed by atoms with van der Waals surface area (Å²) in [6.45, 7) is 4.16. The molecule has 0 spiro atoms. The van der Waals surface area contributed by atoms with E-state index in [1.54, 1.807) is 0 Å². The lowest BCUT2D eigenvalue weighted by molar-refractivity contribution is -0.0440. The van der Waals surface area contributed by atoms with Gasteiger partial charge in [-0.15, -0.1) is 0 Å². The number of nitrogens with zero attached hydrogens (tertiary/aromatic N) is 1. The smallest absolute Gasteiger partial charge is 0.255 e. The van der Waals surface area contributed by atoms with Gasteiger partial charge in [0.25, 0.3) is 5.91 Å². The van der Waals surface area contributed by atoms with E-state index >= 15 is 0 Å². The van der Waals surface area contributed by atoms with Gasteiger partial charge >= 0.3 is 0 Å². The first-order valence-electron chi connectivity index (χ1n) is 10.1. The molecule has 4 rings (SSSR count). The van der Waals surface area contributed by atoms with Crippen molar-refractivity contribution in [3.63, 3.8) is 0 Å². The van der Waals surface area contributed by atoms with Crippen LogP contribution < -0.4 is 5.32 Å². The second-order valence-electron chi connectivity index (χ2n) is 8.02. The van der Waals surface area contributed by atoms with Crippen molar-refractivity contribution in [1.29, 1.82) is 0 Å². The highest BCUT2D eigenvalue weighted by Crippen LogP contribution is 2.29. The molecule has 8 heteroatoms. The highest BCUT2D eigenvalue weighted by atomic mass is 35.5. The van der Waals surface area contributed by atoms with Crippen LogP contribution in [-0.4, -0.2) is 43.9 Å². The second-order valence-corrected chi connectivity index (χ2v) is 10.3. The molecule has 160 valence electrons. The molecule has 1 fully saturated rings. The number of nitrogens with one attached hydrogen (secondary N) is 1. The van der Waals surface area contributed by atoms with Crippen molar-refractivity contribution in [2.24, 2.45) is 0 Å². The number of carbonyl (C=O) groups excluding carboxylic acids is 1. The summed E-state index contributed by atoms with van der Waals surface area (Å²) in [5.41, 5.74) is 3.52. The summed E-state index contributed by atoms with van der Waals surface area (Å²) in [7, 11) is -3.85. The molecule has 1 aliphatic heterocycles. The number of fused-ring (bicyclic) bond motifs is 1. The number of sulfonamides is 1. The monoisotopic (exact) mass is 448 g/mol. The minimum Gasteiger partial charge on any atom is -0.373 e. The zero-order valence-electron chi connectivity index (χ0n) is 17.0. The molecule has 0 radical (unpaired) electrons. The van der Waals surface area contributed by atoms with Gasteiger partial charge in [-0.1, -0.05) is 17.7 Å². The summed E-state index contributed by atoms with van der Waals surface area (Å²) >= 11 is 6.23. The lowest BCUT2D eigenvalue weighted by atomic mass is 10.1. The molecular formula is C22H25ClN2O4S. The van der Waals surface area contributed by atoms with Crippen molar-refractivity contribution in [3.8, 4) is 0 Å². The lowest BCUT2D eigenvalue weighted by Crippen LogP contribution is -2.48. The van der Waals surface area contributed by atoms with Crippen LogP contribution in [0.4, 0.5) is 5.69 Å². The average Bonchev–Trinajstić information content (AvgIpc) is 3.15. The number of ether oxygens (including phenoxy) is 1. The van der Waals surface area contributed by atoms with Crippen LogP contribution in [-0.2, 0) is 27.6 Å². The maximum Gasteiger partial charge on any atom is 0.255 e. The van der Waals surface area contributed by atoms with Crippen molar-refractivity contribution in [1.82, 2.24) is 4.31 Å². The first-order chi connectivity index (χ1) is 14.2. The quantitative estimate of drug-likeness (QED) is 0.770. The first kappa shape index (κ1) is 21.3. The molecule has 2 atom stereocenters. The molecule has 2 aromatic rings. The molecule has 0 bridgehead atoms. The Labute approximate surface area is 182 Å². The fourth-order valence-corrected chi connectivity index (χ4v) is 6.25. The Morgan fingerprint density at radius 3 is 2.50 bits per heavy atom. The fraction of sp³-hybridized carbons (Fsp3) is 0.409. The molecule has 6 nitrogen and oxygen atoms in total. The van der Waals surface area contributed by atoms with Gasteiger partial charge in [0.05, 0.1) is 17.2 Å². The number of hydrogen-bond donors (Lipinski definition) is 1. The van der Waals surface area contributed by atoms with Gasteiger partial charge in [-0.3, -0.25) is 4.79 Å². The van der Waals surface area contributed by atoms with E-state index in [0.29, 0.717) is 5.69 Å². The summed E-state index contributed by atoms with van der Waals surface area (Å²) in [4.78, 5) is 12.7. The number of hydrogen-bond acceptors (Lipinski definition) is 4. The summed E-state index contributed by atoms with van der Waals surface area (Å²) < 4.78 is 33.4. The Bertz CT molecular complexity index is 1080. The van der Waals surface area contributed by atoms with E-state index in [4.69, 9.17) is 16.3 Å². The number of rotatable bonds is 4. The molecule has 1 heterocycles. The van der Waals surface area contributed by atoms with E-state index in [9.17, 15) is 13.2 Å². The van der Waals surface area contributed by atoms with Gasteiger partial charge < -0.3 is 10.1 Å². The number of halogens is 1. The largest absolute Gasteiger partial charge is 0.373 e. The van der Waals surface area contributed by atoms with Crippen molar-refractivity contribution in [2.45, 2.75) is 50.2 Å². The second kappa shape index (κ2) is 8.30. The van der Waals surface area contributed by atoms with Crippen LogP contribution in [0.3, 0.4) is 0 Å². The Morgan fingerprint density at radius 2 is 1.77 bits per heavy atom. The fourth-order valence-electron chi connectivity index (χ4n) is 4.16. The van der Waals surface area contributed by atoms with Crippen molar-refractivity contribution in [2.75, 3.05) is 18.4 Å². The van der Waals surface area contributed by atoms with E-state index in [1.807, 2.05) is 32.0 Å². The summed E-state index contributed by atoms with van der Waals surface area (Å²) in [6.07, 6.45) is 2.78. The van der Waals surface area contributed by atoms with Crippen LogP contribution in [0.1, 0.15) is 41.8 Å². The third kappa shape index (κ3) is 4.25. The maximum absolute atomic E-state index is 13.2. The van der Waals surface area contributed by atoms with Crippen LogP contribution in [0.15, 0.2) is 41.3 Å². The molecule has 2 aliphatic rings. The van der Waals surface area contributed by atoms with E-state index in [2.05, 4.69) is 5.32 Å². The number of aryl methyl sites for hydroxylation is 2. The number of carbonyl (C=O) groups is 1. The van der Waals surface area contributed by atoms with Gasteiger partial charge in [-0.25, -0.2) is 8.42 Å². The minimum absolute atomic E-state index is 0.0629. The lowest BCUT2D eigenvalue weighted by Gasteiger charge is -2.34. The molecule has 1 saturated heterocycles. The van der Waals surface area contributed by atoms with Crippen molar-refractivity contribution < 1.29 is 17.9 Å². The first-order valence-corrected chi connectivity index (χ1v) is 11.9. The van der Waals surface area contributed by atoms with Crippen LogP contribution >= 0.6 is 11.6 Å². The Kier molecular flexibility index (Phi) is 5.90. The van der Waals surface area contributed by atoms with Crippen molar-refractivity contribution in [3.05, 3.63) is 58.1 Å². The predicted molar refractivity (Wildman–Crippen MR) is 117 cm³/mol. The van der Waals surface area contributed by atoms with Gasteiger partial charge in [0.15, 0.2) is 0 Å². The molecule has 1 N–H and O–H groups in total. The molecule has 30 heavy (non-hydrogen) atoms. The molecule has 1 aliphatic carbocycles. The van der Waals surface area contributed by atoms with Gasteiger partial charge in [-0.05, 0) is 74.6 Å². The Morgan fingerprint density at radius 1 is 1.07 bits per heavy atom. The molecule has 0 aromatic heterocycles. The molecule has 0 saturated carbocycles. The van der Waals surface area contributed by atoms with E-state index in [-0.39, 0.29) is 46.7 Å². The van der Waals surface area contributed by atoms with Crippen LogP contribution in [0.25, 0.3) is 0 Å². The van der Waals surface area contributed by atoms with Gasteiger partial charge in [0, 0.05) is 24.3 Å². The normalized spacial score (nSPS) is 22.0. The third-order valence-electron chi connectivity index (χ3n) is 5.55. The van der Waals surface area contributed by atoms with Gasteiger partial charge in [0.1, 0.15) is 4.90 Å². The predicted octanol–water partition coefficient (Wildman–Crippen LogP) is 3.88. The number of amides is 1. The van der Waals surface area contributed by atoms with E-state index in [0.717, 1.165) is 19.3 Å². The average molecular weight is 449 g/mol. The highest BCUT2D eigenvalue weighted by Gasteiger charge is 2.34. The molecule has 1 amide bonds. The van der Waals surface area contributed by atoms with Crippen LogP contribution in [0.5, 0.6) is 0 Å². The summed E-state index contributed by atoms with van der Waals surface area (Å²) in [5.74, 6) is -0.371. The van der Waals surface area contributed by atoms with Crippen LogP contribution in [0.2, 0.25) is 5.02 Å². The summed E-state index contributed by atoms with van der Waals surface area (Å²) in [6, 6.07) is 10.3. The van der Waals surface area contributed by atoms with Crippen molar-refractivity contribution >= 4 is 33.2 Å². The number of benzene rings is 2. The van der Waals surface area contributed by atoms with Crippen LogP contribution in [0, 0.1) is 0 Å². The SMILES string of the molecule is C[C@@H]1CN(S(=O)(=O)c2cc(C(=O)Nc3ccc4c(c3)CCC4)ccc2Cl)C[C@@H](C)O1. The third-order valence-corrected chi connectivity index (χ3v) is 7.87. The highest BCUT2D eigenvalue weighted by molar-refractivity contribution is 7.89. The molecule has 2 aromatic carbocycles.